The van der Waals surface area contributed by atoms with Crippen LogP contribution in [0, 0.1) is 0 Å². The van der Waals surface area contributed by atoms with Crippen molar-refractivity contribution in [1.82, 2.24) is 0 Å². The fraction of sp³-hybridized carbons (Fsp3) is 0.385. The summed E-state index contributed by atoms with van der Waals surface area (Å²) in [5.74, 6) is -0.284. The van der Waals surface area contributed by atoms with E-state index in [1.54, 1.807) is 25.1 Å². The summed E-state index contributed by atoms with van der Waals surface area (Å²) < 4.78 is 4.95. The molecule has 104 valence electrons. The zero-order valence-corrected chi connectivity index (χ0v) is 12.6. The van der Waals surface area contributed by atoms with Gasteiger partial charge in [-0.1, -0.05) is 23.8 Å². The lowest BCUT2D eigenvalue weighted by Crippen LogP contribution is -2.32. The van der Waals surface area contributed by atoms with Gasteiger partial charge in [-0.2, -0.15) is 0 Å². The molecule has 0 spiro atoms. The van der Waals surface area contributed by atoms with Crippen LogP contribution in [0.4, 0.5) is 5.69 Å². The normalized spacial score (nSPS) is 10.1. The van der Waals surface area contributed by atoms with Gasteiger partial charge in [0.05, 0.1) is 6.61 Å². The first-order chi connectivity index (χ1) is 8.99. The number of likely N-dealkylation sites (N-methyl/N-ethyl adjacent to an activating group) is 1. The fourth-order valence-electron chi connectivity index (χ4n) is 1.71. The number of esters is 1. The first-order valence-electron chi connectivity index (χ1n) is 5.99. The van der Waals surface area contributed by atoms with Gasteiger partial charge >= 0.3 is 5.97 Å². The molecule has 0 aliphatic carbocycles. The van der Waals surface area contributed by atoms with Crippen molar-refractivity contribution in [2.75, 3.05) is 24.6 Å². The molecule has 0 saturated heterocycles. The molecule has 4 nitrogen and oxygen atoms in total. The third-order valence-corrected chi connectivity index (χ3v) is 3.03. The molecule has 0 aliphatic rings. The van der Waals surface area contributed by atoms with Gasteiger partial charge < -0.3 is 15.4 Å². The van der Waals surface area contributed by atoms with E-state index in [-0.39, 0.29) is 17.5 Å². The van der Waals surface area contributed by atoms with Crippen molar-refractivity contribution in [3.8, 4) is 0 Å². The van der Waals surface area contributed by atoms with Gasteiger partial charge in [0.2, 0.25) is 0 Å². The number of rotatable bonds is 6. The quantitative estimate of drug-likeness (QED) is 0.646. The van der Waals surface area contributed by atoms with Crippen LogP contribution < -0.4 is 10.6 Å². The van der Waals surface area contributed by atoms with Gasteiger partial charge in [0.15, 0.2) is 0 Å². The average molecular weight is 301 g/mol. The summed E-state index contributed by atoms with van der Waals surface area (Å²) in [7, 11) is 0. The number of hydrogen-bond acceptors (Lipinski definition) is 4. The predicted octanol–water partition coefficient (Wildman–Crippen LogP) is 2.36. The first-order valence-corrected chi connectivity index (χ1v) is 6.78. The molecule has 0 atom stereocenters. The summed E-state index contributed by atoms with van der Waals surface area (Å²) >= 11 is 11.0. The standard InChI is InChI=1S/C13H17ClN2O2S/c1-3-16(8-12(17)18-4-2)11-6-5-9(14)7-10(11)13(15)19/h5-7H,3-4,8H2,1-2H3,(H2,15,19). The van der Waals surface area contributed by atoms with Crippen LogP contribution in [0.1, 0.15) is 19.4 Å². The van der Waals surface area contributed by atoms with Crippen molar-refractivity contribution in [3.63, 3.8) is 0 Å². The van der Waals surface area contributed by atoms with Gasteiger partial charge in [-0.3, -0.25) is 4.79 Å². The maximum Gasteiger partial charge on any atom is 0.325 e. The van der Waals surface area contributed by atoms with E-state index in [2.05, 4.69) is 0 Å². The summed E-state index contributed by atoms with van der Waals surface area (Å²) in [6.45, 7) is 4.87. The van der Waals surface area contributed by atoms with Crippen LogP contribution >= 0.6 is 23.8 Å². The van der Waals surface area contributed by atoms with E-state index in [1.165, 1.54) is 0 Å². The van der Waals surface area contributed by atoms with Crippen LogP contribution in [-0.4, -0.2) is 30.7 Å². The molecule has 0 bridgehead atoms. The van der Waals surface area contributed by atoms with Crippen molar-refractivity contribution in [1.29, 1.82) is 0 Å². The Morgan fingerprint density at radius 3 is 2.68 bits per heavy atom. The Hall–Kier alpha value is -1.33. The molecule has 19 heavy (non-hydrogen) atoms. The second kappa shape index (κ2) is 7.31. The number of halogens is 1. The van der Waals surface area contributed by atoms with Gasteiger partial charge in [-0.05, 0) is 32.0 Å². The smallest absolute Gasteiger partial charge is 0.325 e. The van der Waals surface area contributed by atoms with Crippen LogP contribution in [0.25, 0.3) is 0 Å². The van der Waals surface area contributed by atoms with Crippen molar-refractivity contribution in [3.05, 3.63) is 28.8 Å². The zero-order valence-electron chi connectivity index (χ0n) is 11.0. The third kappa shape index (κ3) is 4.36. The minimum Gasteiger partial charge on any atom is -0.465 e. The van der Waals surface area contributed by atoms with E-state index in [0.29, 0.717) is 23.7 Å². The average Bonchev–Trinajstić information content (AvgIpc) is 2.36. The second-order valence-corrected chi connectivity index (χ2v) is 4.72. The molecule has 0 fully saturated rings. The van der Waals surface area contributed by atoms with Gasteiger partial charge in [0.25, 0.3) is 0 Å². The molecule has 0 saturated carbocycles. The number of hydrogen-bond donors (Lipinski definition) is 1. The van der Waals surface area contributed by atoms with Crippen LogP contribution in [0.2, 0.25) is 5.02 Å². The number of carbonyl (C=O) groups excluding carboxylic acids is 1. The summed E-state index contributed by atoms with van der Waals surface area (Å²) in [5, 5.41) is 0.554. The van der Waals surface area contributed by atoms with E-state index in [9.17, 15) is 4.79 Å². The SMILES string of the molecule is CCOC(=O)CN(CC)c1ccc(Cl)cc1C(N)=S. The minimum atomic E-state index is -0.284. The molecule has 2 N–H and O–H groups in total. The lowest BCUT2D eigenvalue weighted by molar-refractivity contribution is -0.141. The lowest BCUT2D eigenvalue weighted by atomic mass is 10.1. The van der Waals surface area contributed by atoms with Gasteiger partial charge in [0, 0.05) is 22.8 Å². The van der Waals surface area contributed by atoms with Crippen LogP contribution in [-0.2, 0) is 9.53 Å². The Kier molecular flexibility index (Phi) is 6.05. The van der Waals surface area contributed by atoms with Crippen molar-refractivity contribution in [2.24, 2.45) is 5.73 Å². The molecule has 1 rings (SSSR count). The van der Waals surface area contributed by atoms with Crippen LogP contribution in [0.3, 0.4) is 0 Å². The van der Waals surface area contributed by atoms with E-state index in [0.717, 1.165) is 5.69 Å². The Balaban J connectivity index is 3.04. The largest absolute Gasteiger partial charge is 0.465 e. The van der Waals surface area contributed by atoms with Gasteiger partial charge in [0.1, 0.15) is 11.5 Å². The molecule has 6 heteroatoms. The third-order valence-electron chi connectivity index (χ3n) is 2.57. The lowest BCUT2D eigenvalue weighted by Gasteiger charge is -2.24. The molecule has 1 aromatic carbocycles. The Bertz CT molecular complexity index is 480. The van der Waals surface area contributed by atoms with Gasteiger partial charge in [-0.15, -0.1) is 0 Å². The zero-order chi connectivity index (χ0) is 14.4. The summed E-state index contributed by atoms with van der Waals surface area (Å²) in [5.41, 5.74) is 7.14. The monoisotopic (exact) mass is 300 g/mol. The van der Waals surface area contributed by atoms with Crippen LogP contribution in [0.15, 0.2) is 18.2 Å². The Morgan fingerprint density at radius 2 is 2.16 bits per heavy atom. The van der Waals surface area contributed by atoms with Gasteiger partial charge in [-0.25, -0.2) is 0 Å². The summed E-state index contributed by atoms with van der Waals surface area (Å²) in [6, 6.07) is 5.25. The topological polar surface area (TPSA) is 55.6 Å². The van der Waals surface area contributed by atoms with E-state index in [4.69, 9.17) is 34.3 Å². The summed E-state index contributed by atoms with van der Waals surface area (Å²) in [4.78, 5) is 13.7. The Labute approximate surface area is 123 Å². The molecule has 0 aromatic heterocycles. The highest BCUT2D eigenvalue weighted by Crippen LogP contribution is 2.24. The molecular weight excluding hydrogens is 284 g/mol. The van der Waals surface area contributed by atoms with E-state index >= 15 is 0 Å². The van der Waals surface area contributed by atoms with Crippen molar-refractivity contribution >= 4 is 40.5 Å². The highest BCUT2D eigenvalue weighted by atomic mass is 35.5. The predicted molar refractivity (Wildman–Crippen MR) is 81.9 cm³/mol. The molecule has 0 amide bonds. The highest BCUT2D eigenvalue weighted by Gasteiger charge is 2.15. The number of nitrogens with zero attached hydrogens (tertiary/aromatic N) is 1. The first kappa shape index (κ1) is 15.7. The number of anilines is 1. The number of thiocarbonyl (C=S) groups is 1. The van der Waals surface area contributed by atoms with Crippen molar-refractivity contribution in [2.45, 2.75) is 13.8 Å². The second-order valence-electron chi connectivity index (χ2n) is 3.84. The molecule has 1 aromatic rings. The fourth-order valence-corrected chi connectivity index (χ4v) is 2.05. The van der Waals surface area contributed by atoms with E-state index < -0.39 is 0 Å². The number of carbonyl (C=O) groups is 1. The maximum atomic E-state index is 11.6. The molecule has 0 aliphatic heterocycles. The number of nitrogens with two attached hydrogens (primary N) is 1. The van der Waals surface area contributed by atoms with Crippen LogP contribution in [0.5, 0.6) is 0 Å². The number of ether oxygens (including phenoxy) is 1. The maximum absolute atomic E-state index is 11.6. The molecule has 0 unspecified atom stereocenters. The molecule has 0 heterocycles. The summed E-state index contributed by atoms with van der Waals surface area (Å²) in [6.07, 6.45) is 0. The number of benzene rings is 1. The van der Waals surface area contributed by atoms with E-state index in [1.807, 2.05) is 11.8 Å². The minimum absolute atomic E-state index is 0.154. The Morgan fingerprint density at radius 1 is 1.47 bits per heavy atom. The highest BCUT2D eigenvalue weighted by molar-refractivity contribution is 7.80. The van der Waals surface area contributed by atoms with Crippen molar-refractivity contribution < 1.29 is 9.53 Å². The molecular formula is C13H17ClN2O2S. The molecule has 0 radical (unpaired) electrons.